The van der Waals surface area contributed by atoms with Crippen LogP contribution in [0.1, 0.15) is 0 Å². The van der Waals surface area contributed by atoms with Crippen LogP contribution >= 0.6 is 15.2 Å². The van der Waals surface area contributed by atoms with Crippen molar-refractivity contribution in [1.82, 2.24) is 0 Å². The zero-order chi connectivity index (χ0) is 22.3. The molecule has 0 atom stereocenters. The fourth-order valence-corrected chi connectivity index (χ4v) is 14.9. The van der Waals surface area contributed by atoms with Crippen molar-refractivity contribution in [3.05, 3.63) is 152 Å². The Kier molecular flexibility index (Phi) is 6.78. The predicted octanol–water partition coefficient (Wildman–Crippen LogP) is 5.80. The molecule has 0 aliphatic carbocycles. The Balaban J connectivity index is 1.78. The quantitative estimate of drug-likeness (QED) is 0.268. The normalized spacial score (nSPS) is 11.9. The van der Waals surface area contributed by atoms with Gasteiger partial charge < -0.3 is 0 Å². The molecule has 0 aromatic heterocycles. The summed E-state index contributed by atoms with van der Waals surface area (Å²) in [4.78, 5) is 0. The van der Waals surface area contributed by atoms with Gasteiger partial charge in [0, 0.05) is 0 Å². The predicted molar refractivity (Wildman–Crippen MR) is 150 cm³/mol. The Morgan fingerprint density at radius 3 is 0.939 bits per heavy atom. The zero-order valence-corrected chi connectivity index (χ0v) is 20.5. The number of rotatable bonds is 7. The van der Waals surface area contributed by atoms with E-state index in [-0.39, 0.29) is 0 Å². The second-order valence-electron chi connectivity index (χ2n) is 8.26. The maximum absolute atomic E-state index is 2.36. The fourth-order valence-electron chi connectivity index (χ4n) is 4.73. The molecule has 0 amide bonds. The van der Waals surface area contributed by atoms with Gasteiger partial charge in [-0.25, -0.2) is 0 Å². The van der Waals surface area contributed by atoms with E-state index in [0.29, 0.717) is 0 Å². The van der Waals surface area contributed by atoms with Gasteiger partial charge in [-0.3, -0.25) is 0 Å². The number of hydrogen-bond donors (Lipinski definition) is 0. The molecule has 0 nitrogen and oxygen atoms in total. The molecule has 0 heterocycles. The first-order chi connectivity index (χ1) is 16.4. The third-order valence-electron chi connectivity index (χ3n) is 6.33. The molecule has 33 heavy (non-hydrogen) atoms. The standard InChI is InChI=1S/C31H28P2/c1-6-16-27(17-7-1)32(28-18-8-2-9-19-28)26-33(29-20-10-3-11-21-29,30-22-12-4-13-23-30)31-24-14-5-15-25-31/h1-25,33H,26H2. The Hall–Kier alpha value is -3.04. The van der Waals surface area contributed by atoms with E-state index in [1.165, 1.54) is 26.5 Å². The van der Waals surface area contributed by atoms with Gasteiger partial charge in [0.05, 0.1) is 0 Å². The molecule has 0 radical (unpaired) electrons. The Labute approximate surface area is 199 Å². The molecule has 5 aromatic rings. The average molecular weight is 463 g/mol. The third kappa shape index (κ3) is 4.56. The van der Waals surface area contributed by atoms with Crippen molar-refractivity contribution in [1.29, 1.82) is 0 Å². The molecule has 0 unspecified atom stereocenters. The second kappa shape index (κ2) is 10.3. The molecule has 0 aliphatic rings. The summed E-state index contributed by atoms with van der Waals surface area (Å²) in [5.74, 6) is 1.13. The summed E-state index contributed by atoms with van der Waals surface area (Å²) >= 11 is 0. The number of hydrogen-bond acceptors (Lipinski definition) is 0. The van der Waals surface area contributed by atoms with Crippen molar-refractivity contribution in [3.8, 4) is 0 Å². The molecular formula is C31H28P2. The van der Waals surface area contributed by atoms with Crippen LogP contribution in [0.2, 0.25) is 0 Å². The number of benzene rings is 5. The average Bonchev–Trinajstić information content (AvgIpc) is 2.92. The van der Waals surface area contributed by atoms with Crippen LogP contribution in [0.4, 0.5) is 0 Å². The van der Waals surface area contributed by atoms with Crippen LogP contribution in [0.5, 0.6) is 0 Å². The van der Waals surface area contributed by atoms with E-state index in [4.69, 9.17) is 0 Å². The molecule has 0 N–H and O–H groups in total. The molecule has 0 saturated heterocycles. The molecule has 2 heteroatoms. The second-order valence-corrected chi connectivity index (χ2v) is 15.0. The van der Waals surface area contributed by atoms with Crippen molar-refractivity contribution < 1.29 is 0 Å². The fraction of sp³-hybridized carbons (Fsp3) is 0.0323. The van der Waals surface area contributed by atoms with E-state index in [1.54, 1.807) is 0 Å². The third-order valence-corrected chi connectivity index (χ3v) is 15.3. The summed E-state index contributed by atoms with van der Waals surface area (Å²) in [6.07, 6.45) is 0. The van der Waals surface area contributed by atoms with Crippen LogP contribution in [0.3, 0.4) is 0 Å². The summed E-state index contributed by atoms with van der Waals surface area (Å²) in [7, 11) is -2.87. The van der Waals surface area contributed by atoms with Crippen LogP contribution in [0.15, 0.2) is 152 Å². The van der Waals surface area contributed by atoms with Crippen molar-refractivity contribution >= 4 is 41.7 Å². The van der Waals surface area contributed by atoms with E-state index < -0.39 is 15.2 Å². The Morgan fingerprint density at radius 2 is 0.636 bits per heavy atom. The molecule has 5 aromatic carbocycles. The van der Waals surface area contributed by atoms with Crippen LogP contribution in [0, 0.1) is 0 Å². The summed E-state index contributed by atoms with van der Waals surface area (Å²) in [6, 6.07) is 56.0. The SMILES string of the molecule is c1ccc(P(C[PH](c2ccccc2)(c2ccccc2)c2ccccc2)c2ccccc2)cc1. The van der Waals surface area contributed by atoms with Gasteiger partial charge in [0.1, 0.15) is 0 Å². The summed E-state index contributed by atoms with van der Waals surface area (Å²) in [5, 5.41) is 7.31. The molecule has 0 saturated carbocycles. The monoisotopic (exact) mass is 462 g/mol. The van der Waals surface area contributed by atoms with Gasteiger partial charge in [-0.2, -0.15) is 0 Å². The van der Waals surface area contributed by atoms with Crippen molar-refractivity contribution in [3.63, 3.8) is 0 Å². The summed E-state index contributed by atoms with van der Waals surface area (Å²) in [6.45, 7) is 0. The summed E-state index contributed by atoms with van der Waals surface area (Å²) < 4.78 is 0. The first-order valence-corrected chi connectivity index (χ1v) is 15.2. The van der Waals surface area contributed by atoms with Gasteiger partial charge in [0.25, 0.3) is 0 Å². The molecule has 5 rings (SSSR count). The van der Waals surface area contributed by atoms with Crippen molar-refractivity contribution in [2.24, 2.45) is 0 Å². The van der Waals surface area contributed by atoms with E-state index in [1.807, 2.05) is 0 Å². The minimum atomic E-state index is -2.32. The first-order valence-electron chi connectivity index (χ1n) is 11.4. The molecule has 0 fully saturated rings. The molecular weight excluding hydrogens is 434 g/mol. The van der Waals surface area contributed by atoms with E-state index in [0.717, 1.165) is 5.90 Å². The van der Waals surface area contributed by atoms with E-state index in [9.17, 15) is 0 Å². The van der Waals surface area contributed by atoms with Crippen molar-refractivity contribution in [2.75, 3.05) is 5.90 Å². The van der Waals surface area contributed by atoms with Crippen LogP contribution in [0.25, 0.3) is 0 Å². The van der Waals surface area contributed by atoms with E-state index in [2.05, 4.69) is 152 Å². The Morgan fingerprint density at radius 1 is 0.364 bits per heavy atom. The van der Waals surface area contributed by atoms with Gasteiger partial charge in [-0.05, 0) is 0 Å². The summed E-state index contributed by atoms with van der Waals surface area (Å²) in [5.41, 5.74) is 0. The van der Waals surface area contributed by atoms with Crippen LogP contribution in [-0.4, -0.2) is 5.90 Å². The molecule has 162 valence electrons. The zero-order valence-electron chi connectivity index (χ0n) is 18.6. The van der Waals surface area contributed by atoms with Gasteiger partial charge in [0.15, 0.2) is 0 Å². The van der Waals surface area contributed by atoms with Crippen LogP contribution in [-0.2, 0) is 0 Å². The molecule has 0 aliphatic heterocycles. The van der Waals surface area contributed by atoms with Gasteiger partial charge in [0.2, 0.25) is 0 Å². The van der Waals surface area contributed by atoms with Crippen LogP contribution < -0.4 is 26.5 Å². The van der Waals surface area contributed by atoms with Crippen molar-refractivity contribution in [2.45, 2.75) is 0 Å². The minimum absolute atomic E-state index is 0.548. The van der Waals surface area contributed by atoms with E-state index >= 15 is 0 Å². The molecule has 0 spiro atoms. The maximum atomic E-state index is 2.36. The van der Waals surface area contributed by atoms with Gasteiger partial charge in [-0.1, -0.05) is 0 Å². The first kappa shape index (κ1) is 21.8. The topological polar surface area (TPSA) is 0 Å². The van der Waals surface area contributed by atoms with Gasteiger partial charge >= 0.3 is 199 Å². The van der Waals surface area contributed by atoms with Gasteiger partial charge in [-0.15, -0.1) is 0 Å². The Bertz CT molecular complexity index is 1120. The molecule has 0 bridgehead atoms.